The minimum Gasteiger partial charge on any atom is -0.497 e. The number of methoxy groups -OCH3 is 4. The Kier molecular flexibility index (Phi) is 10.7. The van der Waals surface area contributed by atoms with Gasteiger partial charge in [0.1, 0.15) is 23.0 Å². The molecule has 0 aromatic heterocycles. The molecule has 2 aromatic carbocycles. The smallest absolute Gasteiger partial charge is 0.193 e. The number of rotatable bonds is 8. The molecule has 1 N–H and O–H groups in total. The lowest BCUT2D eigenvalue weighted by Crippen LogP contribution is -2.52. The van der Waals surface area contributed by atoms with Gasteiger partial charge in [0.2, 0.25) is 0 Å². The molecule has 0 aliphatic carbocycles. The van der Waals surface area contributed by atoms with Crippen LogP contribution in [-0.2, 0) is 6.42 Å². The molecule has 1 saturated heterocycles. The van der Waals surface area contributed by atoms with Crippen molar-refractivity contribution in [1.82, 2.24) is 10.2 Å². The summed E-state index contributed by atoms with van der Waals surface area (Å²) in [7, 11) is 8.47. The third kappa shape index (κ3) is 6.72. The van der Waals surface area contributed by atoms with Crippen molar-refractivity contribution in [3.8, 4) is 23.0 Å². The average molecular weight is 570 g/mol. The van der Waals surface area contributed by atoms with E-state index in [1.54, 1.807) is 28.4 Å². The second kappa shape index (κ2) is 13.2. The molecule has 0 spiro atoms. The summed E-state index contributed by atoms with van der Waals surface area (Å²) in [5.74, 6) is 4.00. The van der Waals surface area contributed by atoms with E-state index in [9.17, 15) is 0 Å². The Morgan fingerprint density at radius 1 is 0.879 bits per heavy atom. The SMILES string of the molecule is CN=C(NCCc1c(OC)cc(OC)cc1OC)N1CCN(c2cccc(OC)c2)CC1.I. The molecule has 0 bridgehead atoms. The topological polar surface area (TPSA) is 67.8 Å². The molecule has 0 unspecified atom stereocenters. The van der Waals surface area contributed by atoms with Crippen LogP contribution in [0.25, 0.3) is 0 Å². The number of nitrogens with zero attached hydrogens (tertiary/aromatic N) is 3. The lowest BCUT2D eigenvalue weighted by molar-refractivity contribution is 0.365. The van der Waals surface area contributed by atoms with Crippen LogP contribution in [0.4, 0.5) is 5.69 Å². The predicted octanol–water partition coefficient (Wildman–Crippen LogP) is 3.28. The number of piperazine rings is 1. The van der Waals surface area contributed by atoms with E-state index in [1.807, 2.05) is 31.3 Å². The standard InChI is InChI=1S/C24H34N4O4.HI/c1-25-24(26-10-9-21-22(31-4)16-20(30-3)17-23(21)32-5)28-13-11-27(12-14-28)18-7-6-8-19(15-18)29-2;/h6-8,15-17H,9-14H2,1-5H3,(H,25,26);1H. The Balaban J connectivity index is 0.00000385. The van der Waals surface area contributed by atoms with Crippen molar-refractivity contribution in [3.05, 3.63) is 42.0 Å². The van der Waals surface area contributed by atoms with Gasteiger partial charge in [-0.1, -0.05) is 6.07 Å². The minimum absolute atomic E-state index is 0. The van der Waals surface area contributed by atoms with E-state index in [0.29, 0.717) is 12.3 Å². The quantitative estimate of drug-likeness (QED) is 0.297. The molecular weight excluding hydrogens is 535 g/mol. The molecule has 8 nitrogen and oxygen atoms in total. The van der Waals surface area contributed by atoms with Crippen molar-refractivity contribution >= 4 is 35.6 Å². The average Bonchev–Trinajstić information content (AvgIpc) is 2.86. The molecule has 182 valence electrons. The Hall–Kier alpha value is -2.56. The first kappa shape index (κ1) is 26.7. The zero-order valence-corrected chi connectivity index (χ0v) is 22.4. The van der Waals surface area contributed by atoms with Crippen LogP contribution in [0.15, 0.2) is 41.4 Å². The third-order valence-corrected chi connectivity index (χ3v) is 5.68. The number of ether oxygens (including phenoxy) is 4. The highest BCUT2D eigenvalue weighted by Gasteiger charge is 2.20. The van der Waals surface area contributed by atoms with Crippen LogP contribution < -0.4 is 29.2 Å². The Morgan fingerprint density at radius 3 is 2.06 bits per heavy atom. The minimum atomic E-state index is 0. The normalized spacial score (nSPS) is 13.8. The maximum atomic E-state index is 5.56. The van der Waals surface area contributed by atoms with Crippen LogP contribution in [0.1, 0.15) is 5.56 Å². The zero-order valence-electron chi connectivity index (χ0n) is 20.1. The lowest BCUT2D eigenvalue weighted by atomic mass is 10.1. The molecule has 33 heavy (non-hydrogen) atoms. The van der Waals surface area contributed by atoms with Crippen LogP contribution >= 0.6 is 24.0 Å². The highest BCUT2D eigenvalue weighted by Crippen LogP contribution is 2.34. The van der Waals surface area contributed by atoms with Gasteiger partial charge < -0.3 is 34.1 Å². The monoisotopic (exact) mass is 570 g/mol. The molecular formula is C24H35IN4O4. The Labute approximate surface area is 213 Å². The number of hydrogen-bond donors (Lipinski definition) is 1. The molecule has 1 aliphatic rings. The van der Waals surface area contributed by atoms with Crippen LogP contribution in [0.2, 0.25) is 0 Å². The van der Waals surface area contributed by atoms with Gasteiger partial charge in [-0.15, -0.1) is 24.0 Å². The highest BCUT2D eigenvalue weighted by atomic mass is 127. The number of hydrogen-bond acceptors (Lipinski definition) is 6. The largest absolute Gasteiger partial charge is 0.497 e. The Bertz CT molecular complexity index is 892. The molecule has 2 aromatic rings. The van der Waals surface area contributed by atoms with Crippen molar-refractivity contribution in [2.45, 2.75) is 6.42 Å². The number of anilines is 1. The highest BCUT2D eigenvalue weighted by molar-refractivity contribution is 14.0. The van der Waals surface area contributed by atoms with Gasteiger partial charge in [0.25, 0.3) is 0 Å². The van der Waals surface area contributed by atoms with Gasteiger partial charge in [0.05, 0.1) is 28.4 Å². The van der Waals surface area contributed by atoms with E-state index in [2.05, 4.69) is 32.2 Å². The molecule has 9 heteroatoms. The third-order valence-electron chi connectivity index (χ3n) is 5.68. The first-order valence-corrected chi connectivity index (χ1v) is 10.8. The number of guanidine groups is 1. The summed E-state index contributed by atoms with van der Waals surface area (Å²) >= 11 is 0. The fourth-order valence-electron chi connectivity index (χ4n) is 3.94. The molecule has 0 saturated carbocycles. The molecule has 0 radical (unpaired) electrons. The van der Waals surface area contributed by atoms with Gasteiger partial charge in [-0.2, -0.15) is 0 Å². The van der Waals surface area contributed by atoms with Crippen LogP contribution in [0.5, 0.6) is 23.0 Å². The van der Waals surface area contributed by atoms with Gasteiger partial charge in [-0.05, 0) is 18.6 Å². The summed E-state index contributed by atoms with van der Waals surface area (Å²) in [6.45, 7) is 4.35. The second-order valence-electron chi connectivity index (χ2n) is 7.41. The fourth-order valence-corrected chi connectivity index (χ4v) is 3.94. The van der Waals surface area contributed by atoms with E-state index in [-0.39, 0.29) is 24.0 Å². The van der Waals surface area contributed by atoms with Gasteiger partial charge in [-0.3, -0.25) is 4.99 Å². The van der Waals surface area contributed by atoms with Gasteiger partial charge in [0.15, 0.2) is 5.96 Å². The van der Waals surface area contributed by atoms with E-state index in [0.717, 1.165) is 61.4 Å². The summed E-state index contributed by atoms with van der Waals surface area (Å²) in [5, 5.41) is 3.49. The molecule has 0 amide bonds. The van der Waals surface area contributed by atoms with Crippen molar-refractivity contribution < 1.29 is 18.9 Å². The van der Waals surface area contributed by atoms with Crippen molar-refractivity contribution in [3.63, 3.8) is 0 Å². The molecule has 1 fully saturated rings. The van der Waals surface area contributed by atoms with Gasteiger partial charge in [0, 0.05) is 69.2 Å². The summed E-state index contributed by atoms with van der Waals surface area (Å²) in [4.78, 5) is 9.16. The summed E-state index contributed by atoms with van der Waals surface area (Å²) in [6.07, 6.45) is 0.735. The molecule has 1 aliphatic heterocycles. The maximum Gasteiger partial charge on any atom is 0.193 e. The molecule has 1 heterocycles. The number of nitrogens with one attached hydrogen (secondary N) is 1. The van der Waals surface area contributed by atoms with E-state index < -0.39 is 0 Å². The van der Waals surface area contributed by atoms with E-state index in [4.69, 9.17) is 18.9 Å². The van der Waals surface area contributed by atoms with Crippen LogP contribution in [-0.4, -0.2) is 79.1 Å². The summed E-state index contributed by atoms with van der Waals surface area (Å²) in [6, 6.07) is 12.0. The summed E-state index contributed by atoms with van der Waals surface area (Å²) < 4.78 is 21.8. The maximum absolute atomic E-state index is 5.56. The number of benzene rings is 2. The zero-order chi connectivity index (χ0) is 22.9. The lowest BCUT2D eigenvalue weighted by Gasteiger charge is -2.37. The van der Waals surface area contributed by atoms with E-state index >= 15 is 0 Å². The van der Waals surface area contributed by atoms with Crippen molar-refractivity contribution in [1.29, 1.82) is 0 Å². The first-order valence-electron chi connectivity index (χ1n) is 10.8. The fraction of sp³-hybridized carbons (Fsp3) is 0.458. The summed E-state index contributed by atoms with van der Waals surface area (Å²) in [5.41, 5.74) is 2.19. The predicted molar refractivity (Wildman–Crippen MR) is 143 cm³/mol. The first-order chi connectivity index (χ1) is 15.6. The van der Waals surface area contributed by atoms with Crippen molar-refractivity contribution in [2.75, 3.05) is 73.1 Å². The van der Waals surface area contributed by atoms with E-state index in [1.165, 1.54) is 5.69 Å². The number of halogens is 1. The number of aliphatic imine (C=N–C) groups is 1. The van der Waals surface area contributed by atoms with Gasteiger partial charge in [-0.25, -0.2) is 0 Å². The second-order valence-corrected chi connectivity index (χ2v) is 7.41. The van der Waals surface area contributed by atoms with Crippen LogP contribution in [0.3, 0.4) is 0 Å². The Morgan fingerprint density at radius 2 is 1.52 bits per heavy atom. The molecule has 0 atom stereocenters. The molecule has 3 rings (SSSR count). The van der Waals surface area contributed by atoms with Gasteiger partial charge >= 0.3 is 0 Å². The van der Waals surface area contributed by atoms with Crippen molar-refractivity contribution in [2.24, 2.45) is 4.99 Å². The van der Waals surface area contributed by atoms with Crippen LogP contribution in [0, 0.1) is 0 Å².